The highest BCUT2D eigenvalue weighted by atomic mass is 32.3. The van der Waals surface area contributed by atoms with Gasteiger partial charge in [-0.05, 0) is 0 Å². The summed E-state index contributed by atoms with van der Waals surface area (Å²) in [6, 6.07) is 0. The van der Waals surface area contributed by atoms with Crippen molar-refractivity contribution in [1.29, 1.82) is 0 Å². The summed E-state index contributed by atoms with van der Waals surface area (Å²) in [5, 5.41) is 8.54. The van der Waals surface area contributed by atoms with Gasteiger partial charge < -0.3 is 0 Å². The summed E-state index contributed by atoms with van der Waals surface area (Å²) in [4.78, 5) is 0. The lowest BCUT2D eigenvalue weighted by atomic mass is 10.9. The molecule has 0 N–H and O–H groups in total. The van der Waals surface area contributed by atoms with Gasteiger partial charge in [0, 0.05) is 45.8 Å². The summed E-state index contributed by atoms with van der Waals surface area (Å²) in [6.07, 6.45) is 0. The highest BCUT2D eigenvalue weighted by molar-refractivity contribution is 8.37. The molecule has 0 aromatic carbocycles. The fourth-order valence-corrected chi connectivity index (χ4v) is 24.3. The van der Waals surface area contributed by atoms with E-state index in [0.717, 1.165) is 40.7 Å². The molecule has 0 saturated carbocycles. The van der Waals surface area contributed by atoms with Crippen LogP contribution < -0.4 is 0 Å². The topological polar surface area (TPSA) is 0 Å². The van der Waals surface area contributed by atoms with E-state index >= 15 is 0 Å². The minimum Gasteiger partial charge on any atom is -0.168 e. The lowest BCUT2D eigenvalue weighted by Crippen LogP contribution is -2.22. The number of hydrogen-bond acceptors (Lipinski definition) is 18. The van der Waals surface area contributed by atoms with Crippen LogP contribution in [0.2, 0.25) is 0 Å². The molecule has 0 aromatic heterocycles. The van der Waals surface area contributed by atoms with Crippen LogP contribution in [0.3, 0.4) is 0 Å². The molecule has 1 fully saturated rings. The molecule has 0 bridgehead atoms. The zero-order valence-corrected chi connectivity index (χ0v) is 32.6. The highest BCUT2D eigenvalue weighted by Gasteiger charge is 2.31. The summed E-state index contributed by atoms with van der Waals surface area (Å²) < 4.78 is 3.36. The molecule has 1 aliphatic heterocycles. The van der Waals surface area contributed by atoms with E-state index in [9.17, 15) is 0 Å². The summed E-state index contributed by atoms with van der Waals surface area (Å²) in [6.45, 7) is 0. The molecule has 2 unspecified atom stereocenters. The minimum absolute atomic E-state index is 0.501. The summed E-state index contributed by atoms with van der Waals surface area (Å²) in [7, 11) is 0. The maximum absolute atomic E-state index is 4.49. The Kier molecular flexibility index (Phi) is 29.4. The average Bonchev–Trinajstić information content (AvgIpc) is 2.76. The van der Waals surface area contributed by atoms with Gasteiger partial charge in [0.15, 0.2) is 0 Å². The monoisotopic (exact) mass is 786 g/mol. The Balaban J connectivity index is 2.58. The van der Waals surface area contributed by atoms with Crippen molar-refractivity contribution in [2.45, 2.75) is 27.5 Å². The Morgan fingerprint density at radius 3 is 1.03 bits per heavy atom. The Hall–Kier alpha value is 6.30. The first-order valence-electron chi connectivity index (χ1n) is 9.19. The van der Waals surface area contributed by atoms with E-state index in [1.54, 1.807) is 0 Å². The first kappa shape index (κ1) is 37.3. The maximum atomic E-state index is 4.49. The van der Waals surface area contributed by atoms with Gasteiger partial charge in [-0.15, -0.1) is 141 Å². The molecule has 0 nitrogen and oxygen atoms in total. The van der Waals surface area contributed by atoms with Crippen molar-refractivity contribution in [3.8, 4) is 0 Å². The predicted molar refractivity (Wildman–Crippen MR) is 212 cm³/mol. The second-order valence-corrected chi connectivity index (χ2v) is 26.2. The summed E-state index contributed by atoms with van der Waals surface area (Å²) in [5.74, 6) is 0. The van der Waals surface area contributed by atoms with E-state index in [1.807, 2.05) is 70.6 Å². The van der Waals surface area contributed by atoms with Gasteiger partial charge in [0.05, 0.1) is 27.5 Å². The normalized spacial score (nSPS) is 17.5. The van der Waals surface area contributed by atoms with Crippen LogP contribution in [0.4, 0.5) is 0 Å². The third-order valence-corrected chi connectivity index (χ3v) is 24.5. The highest BCUT2D eigenvalue weighted by Crippen LogP contribution is 2.51. The Bertz CT molecular complexity index is 397. The smallest absolute Gasteiger partial charge is 0.0729 e. The van der Waals surface area contributed by atoms with Crippen molar-refractivity contribution in [2.75, 3.05) is 45.8 Å². The maximum Gasteiger partial charge on any atom is 0.0729 e. The molecule has 1 saturated heterocycles. The second-order valence-electron chi connectivity index (χ2n) is 5.34. The zero-order chi connectivity index (χ0) is 24.3. The van der Waals surface area contributed by atoms with Crippen LogP contribution in [0, 0.1) is 0 Å². The standard InChI is InChI=1S/C15H30S18/c16-1-22-10(23-2-17)12(26-5-20)28-7-30-14(15-32-9-33-15)31-8-29-13(27-6-21)11(24-3-18)25-4-19/h10-21H,1-9H2. The van der Waals surface area contributed by atoms with Crippen molar-refractivity contribution in [3.63, 3.8) is 0 Å². The number of hydrogen-bond donors (Lipinski definition) is 6. The SMILES string of the molecule is SCSC(SCS)C(SCS)SCSC(SCSC(SCS)C(SCS)SCS)C1SCS1. The van der Waals surface area contributed by atoms with Crippen LogP contribution in [-0.4, -0.2) is 73.3 Å². The summed E-state index contributed by atoms with van der Waals surface area (Å²) in [5.41, 5.74) is 0. The molecule has 1 heterocycles. The third-order valence-electron chi connectivity index (χ3n) is 3.49. The number of rotatable bonds is 23. The largest absolute Gasteiger partial charge is 0.168 e. The van der Waals surface area contributed by atoms with Crippen molar-refractivity contribution in [1.82, 2.24) is 0 Å². The van der Waals surface area contributed by atoms with E-state index in [1.165, 1.54) is 5.08 Å². The van der Waals surface area contributed by atoms with Gasteiger partial charge in [0.2, 0.25) is 0 Å². The van der Waals surface area contributed by atoms with Gasteiger partial charge in [0.1, 0.15) is 0 Å². The Morgan fingerprint density at radius 2 is 0.788 bits per heavy atom. The second kappa shape index (κ2) is 26.0. The van der Waals surface area contributed by atoms with E-state index in [4.69, 9.17) is 0 Å². The molecule has 2 atom stereocenters. The van der Waals surface area contributed by atoms with E-state index in [2.05, 4.69) is 146 Å². The van der Waals surface area contributed by atoms with Crippen LogP contribution in [0.1, 0.15) is 0 Å². The quantitative estimate of drug-likeness (QED) is 0.0432. The fraction of sp³-hybridized carbons (Fsp3) is 1.00. The van der Waals surface area contributed by atoms with E-state index in [-0.39, 0.29) is 0 Å². The predicted octanol–water partition coefficient (Wildman–Crippen LogP) is 9.95. The van der Waals surface area contributed by atoms with Crippen LogP contribution in [0.25, 0.3) is 0 Å². The molecule has 1 aliphatic rings. The summed E-state index contributed by atoms with van der Waals surface area (Å²) >= 11 is 50.9. The molecular weight excluding hydrogens is 757 g/mol. The van der Waals surface area contributed by atoms with Crippen molar-refractivity contribution < 1.29 is 0 Å². The minimum atomic E-state index is 0.501. The third kappa shape index (κ3) is 17.1. The van der Waals surface area contributed by atoms with Crippen molar-refractivity contribution >= 4 is 217 Å². The lowest BCUT2D eigenvalue weighted by Gasteiger charge is -2.33. The van der Waals surface area contributed by atoms with Crippen molar-refractivity contribution in [2.24, 2.45) is 0 Å². The lowest BCUT2D eigenvalue weighted by molar-refractivity contribution is 1.33. The molecule has 33 heavy (non-hydrogen) atoms. The molecule has 0 aliphatic carbocycles. The Morgan fingerprint density at radius 1 is 0.485 bits per heavy atom. The fourth-order valence-electron chi connectivity index (χ4n) is 2.12. The van der Waals surface area contributed by atoms with Gasteiger partial charge >= 0.3 is 0 Å². The molecule has 198 valence electrons. The molecule has 1 rings (SSSR count). The van der Waals surface area contributed by atoms with E-state index < -0.39 is 0 Å². The van der Waals surface area contributed by atoms with Gasteiger partial charge in [-0.25, -0.2) is 0 Å². The van der Waals surface area contributed by atoms with Gasteiger partial charge in [-0.1, -0.05) is 0 Å². The first-order chi connectivity index (χ1) is 16.1. The van der Waals surface area contributed by atoms with Crippen LogP contribution in [-0.2, 0) is 0 Å². The average molecular weight is 788 g/mol. The van der Waals surface area contributed by atoms with Crippen molar-refractivity contribution in [3.05, 3.63) is 0 Å². The van der Waals surface area contributed by atoms with Gasteiger partial charge in [0.25, 0.3) is 0 Å². The molecular formula is C15H30S18. The number of thiol groups is 6. The molecule has 0 spiro atoms. The van der Waals surface area contributed by atoms with Crippen LogP contribution in [0.5, 0.6) is 0 Å². The van der Waals surface area contributed by atoms with Gasteiger partial charge in [-0.3, -0.25) is 0 Å². The molecule has 18 heteroatoms. The number of thioether (sulfide) groups is 12. The molecule has 0 aromatic rings. The Labute approximate surface area is 285 Å². The van der Waals surface area contributed by atoms with Gasteiger partial charge in [-0.2, -0.15) is 75.8 Å². The molecule has 0 amide bonds. The van der Waals surface area contributed by atoms with Crippen LogP contribution in [0.15, 0.2) is 0 Å². The first-order valence-corrected chi connectivity index (χ1v) is 25.6. The molecule has 0 radical (unpaired) electrons. The van der Waals surface area contributed by atoms with E-state index in [0.29, 0.717) is 27.5 Å². The van der Waals surface area contributed by atoms with Crippen LogP contribution >= 0.6 is 217 Å². The zero-order valence-electron chi connectivity index (χ0n) is 17.4.